The minimum Gasteiger partial charge on any atom is -0.323 e. The first-order chi connectivity index (χ1) is 5.02. The summed E-state index contributed by atoms with van der Waals surface area (Å²) in [4.78, 5) is 0. The van der Waals surface area contributed by atoms with Crippen LogP contribution in [0.1, 0.15) is 34.1 Å². The summed E-state index contributed by atoms with van der Waals surface area (Å²) in [6.07, 6.45) is 1.17. The smallest absolute Gasteiger partial charge is 0.0982 e. The van der Waals surface area contributed by atoms with Crippen LogP contribution in [0.2, 0.25) is 0 Å². The third kappa shape index (κ3) is 4.30. The fourth-order valence-electron chi connectivity index (χ4n) is 0.646. The minimum atomic E-state index is 0.106. The molecule has 0 aromatic carbocycles. The van der Waals surface area contributed by atoms with E-state index in [4.69, 9.17) is 5.84 Å². The molecule has 0 rings (SSSR count). The van der Waals surface area contributed by atoms with E-state index in [1.807, 2.05) is 0 Å². The number of thioether (sulfide) groups is 1. The maximum absolute atomic E-state index is 5.27. The van der Waals surface area contributed by atoms with E-state index in [0.717, 1.165) is 10.8 Å². The molecular weight excluding hydrogens is 156 g/mol. The molecule has 0 bridgehead atoms. The van der Waals surface area contributed by atoms with Crippen molar-refractivity contribution in [2.45, 2.75) is 34.1 Å². The van der Waals surface area contributed by atoms with Crippen molar-refractivity contribution in [1.29, 1.82) is 0 Å². The van der Waals surface area contributed by atoms with Crippen LogP contribution in [-0.4, -0.2) is 10.8 Å². The summed E-state index contributed by atoms with van der Waals surface area (Å²) < 4.78 is 0. The van der Waals surface area contributed by atoms with E-state index < -0.39 is 0 Å². The van der Waals surface area contributed by atoms with E-state index in [1.165, 1.54) is 6.42 Å². The van der Waals surface area contributed by atoms with Crippen molar-refractivity contribution in [2.24, 2.45) is 16.4 Å². The zero-order valence-corrected chi connectivity index (χ0v) is 8.66. The van der Waals surface area contributed by atoms with E-state index in [1.54, 1.807) is 11.8 Å². The molecule has 66 valence electrons. The largest absolute Gasteiger partial charge is 0.323 e. The van der Waals surface area contributed by atoms with Crippen molar-refractivity contribution in [3.63, 3.8) is 0 Å². The van der Waals surface area contributed by atoms with Gasteiger partial charge in [0.15, 0.2) is 0 Å². The van der Waals surface area contributed by atoms with Crippen LogP contribution in [0.5, 0.6) is 0 Å². The molecule has 0 radical (unpaired) electrons. The summed E-state index contributed by atoms with van der Waals surface area (Å²) in [5, 5.41) is 4.82. The number of hydrazone groups is 1. The van der Waals surface area contributed by atoms with Crippen molar-refractivity contribution < 1.29 is 0 Å². The summed E-state index contributed by atoms with van der Waals surface area (Å²) in [5.74, 6) is 6.37. The first kappa shape index (κ1) is 10.8. The summed E-state index contributed by atoms with van der Waals surface area (Å²) in [6, 6.07) is 0. The average Bonchev–Trinajstić information content (AvgIpc) is 1.87. The van der Waals surface area contributed by atoms with Crippen LogP contribution < -0.4 is 5.84 Å². The Hall–Kier alpha value is -0.180. The second-order valence-electron chi connectivity index (χ2n) is 3.53. The lowest BCUT2D eigenvalue weighted by Gasteiger charge is -2.19. The molecule has 2 N–H and O–H groups in total. The van der Waals surface area contributed by atoms with Gasteiger partial charge in [-0.05, 0) is 12.2 Å². The van der Waals surface area contributed by atoms with Crippen molar-refractivity contribution in [3.8, 4) is 0 Å². The predicted octanol–water partition coefficient (Wildman–Crippen LogP) is 2.45. The van der Waals surface area contributed by atoms with Crippen LogP contribution in [-0.2, 0) is 0 Å². The molecule has 0 aliphatic heterocycles. The summed E-state index contributed by atoms with van der Waals surface area (Å²) in [5.41, 5.74) is 0.106. The summed E-state index contributed by atoms with van der Waals surface area (Å²) in [7, 11) is 0. The van der Waals surface area contributed by atoms with Gasteiger partial charge in [-0.1, -0.05) is 27.7 Å². The molecule has 0 aromatic heterocycles. The molecule has 0 aromatic rings. The van der Waals surface area contributed by atoms with Crippen LogP contribution in [0.15, 0.2) is 5.10 Å². The van der Waals surface area contributed by atoms with E-state index in [2.05, 4.69) is 32.8 Å². The second kappa shape index (κ2) is 4.65. The molecule has 0 spiro atoms. The van der Waals surface area contributed by atoms with Crippen LogP contribution in [0.3, 0.4) is 0 Å². The van der Waals surface area contributed by atoms with Crippen molar-refractivity contribution in [2.75, 3.05) is 5.75 Å². The van der Waals surface area contributed by atoms with Gasteiger partial charge in [-0.15, -0.1) is 11.8 Å². The molecule has 11 heavy (non-hydrogen) atoms. The molecule has 0 saturated heterocycles. The molecule has 0 fully saturated rings. The third-order valence-electron chi connectivity index (χ3n) is 1.20. The Kier molecular flexibility index (Phi) is 4.57. The highest BCUT2D eigenvalue weighted by Crippen LogP contribution is 2.24. The van der Waals surface area contributed by atoms with Crippen LogP contribution >= 0.6 is 11.8 Å². The highest BCUT2D eigenvalue weighted by molar-refractivity contribution is 8.14. The van der Waals surface area contributed by atoms with Gasteiger partial charge >= 0.3 is 0 Å². The molecule has 0 atom stereocenters. The van der Waals surface area contributed by atoms with Crippen LogP contribution in [0, 0.1) is 5.41 Å². The highest BCUT2D eigenvalue weighted by atomic mass is 32.2. The van der Waals surface area contributed by atoms with Gasteiger partial charge in [0.2, 0.25) is 0 Å². The fraction of sp³-hybridized carbons (Fsp3) is 0.875. The molecular formula is C8H18N2S. The molecule has 3 heteroatoms. The van der Waals surface area contributed by atoms with Gasteiger partial charge in [0.1, 0.15) is 0 Å². The number of nitrogens with two attached hydrogens (primary N) is 1. The Morgan fingerprint density at radius 2 is 2.00 bits per heavy atom. The van der Waals surface area contributed by atoms with Gasteiger partial charge in [-0.25, -0.2) is 0 Å². The Bertz CT molecular complexity index is 136. The second-order valence-corrected chi connectivity index (χ2v) is 4.62. The van der Waals surface area contributed by atoms with Crippen LogP contribution in [0.25, 0.3) is 0 Å². The van der Waals surface area contributed by atoms with Crippen molar-refractivity contribution in [1.82, 2.24) is 0 Å². The summed E-state index contributed by atoms with van der Waals surface area (Å²) >= 11 is 1.75. The number of hydrogen-bond donors (Lipinski definition) is 1. The SMILES string of the molecule is CCCS/C(=N\N)C(C)(C)C. The lowest BCUT2D eigenvalue weighted by Crippen LogP contribution is -2.18. The predicted molar refractivity (Wildman–Crippen MR) is 53.8 cm³/mol. The molecule has 2 nitrogen and oxygen atoms in total. The Labute approximate surface area is 73.6 Å². The molecule has 0 heterocycles. The zero-order valence-electron chi connectivity index (χ0n) is 7.85. The van der Waals surface area contributed by atoms with Gasteiger partial charge in [0.25, 0.3) is 0 Å². The van der Waals surface area contributed by atoms with Crippen molar-refractivity contribution >= 4 is 16.8 Å². The molecule has 0 unspecified atom stereocenters. The van der Waals surface area contributed by atoms with Gasteiger partial charge in [-0.2, -0.15) is 5.10 Å². The van der Waals surface area contributed by atoms with Gasteiger partial charge < -0.3 is 5.84 Å². The molecule has 0 saturated carbocycles. The normalized spacial score (nSPS) is 13.6. The Balaban J connectivity index is 3.99. The van der Waals surface area contributed by atoms with E-state index in [-0.39, 0.29) is 5.41 Å². The first-order valence-corrected chi connectivity index (χ1v) is 4.92. The highest BCUT2D eigenvalue weighted by Gasteiger charge is 2.18. The number of nitrogens with zero attached hydrogens (tertiary/aromatic N) is 1. The maximum Gasteiger partial charge on any atom is 0.0982 e. The lowest BCUT2D eigenvalue weighted by atomic mass is 9.99. The van der Waals surface area contributed by atoms with Gasteiger partial charge in [-0.3, -0.25) is 0 Å². The monoisotopic (exact) mass is 174 g/mol. The lowest BCUT2D eigenvalue weighted by molar-refractivity contribution is 0.599. The number of hydrogen-bond acceptors (Lipinski definition) is 3. The maximum atomic E-state index is 5.27. The third-order valence-corrected chi connectivity index (χ3v) is 2.81. The van der Waals surface area contributed by atoms with E-state index in [0.29, 0.717) is 0 Å². The topological polar surface area (TPSA) is 38.4 Å². The Morgan fingerprint density at radius 1 is 1.45 bits per heavy atom. The van der Waals surface area contributed by atoms with Crippen LogP contribution in [0.4, 0.5) is 0 Å². The first-order valence-electron chi connectivity index (χ1n) is 3.93. The van der Waals surface area contributed by atoms with E-state index >= 15 is 0 Å². The van der Waals surface area contributed by atoms with Gasteiger partial charge in [0, 0.05) is 5.41 Å². The fourth-order valence-corrected chi connectivity index (χ4v) is 1.55. The Morgan fingerprint density at radius 3 is 2.27 bits per heavy atom. The number of rotatable bonds is 2. The molecule has 0 amide bonds. The minimum absolute atomic E-state index is 0.106. The molecule has 0 aliphatic rings. The standard InChI is InChI=1S/C8H18N2S/c1-5-6-11-7(10-9)8(2,3)4/h5-6,9H2,1-4H3/b10-7-. The van der Waals surface area contributed by atoms with E-state index in [9.17, 15) is 0 Å². The van der Waals surface area contributed by atoms with Gasteiger partial charge in [0.05, 0.1) is 5.04 Å². The summed E-state index contributed by atoms with van der Waals surface area (Å²) in [6.45, 7) is 8.54. The average molecular weight is 174 g/mol. The quantitative estimate of drug-likeness (QED) is 0.302. The van der Waals surface area contributed by atoms with Crippen molar-refractivity contribution in [3.05, 3.63) is 0 Å². The zero-order chi connectivity index (χ0) is 8.91. The molecule has 0 aliphatic carbocycles.